The largest absolute Gasteiger partial charge is 0.351 e. The molecule has 0 bridgehead atoms. The van der Waals surface area contributed by atoms with E-state index >= 15 is 0 Å². The molecule has 2 aromatic rings. The molecule has 4 heteroatoms. The first kappa shape index (κ1) is 17.1. The predicted molar refractivity (Wildman–Crippen MR) is 110 cm³/mol. The van der Waals surface area contributed by atoms with Gasteiger partial charge in [-0.1, -0.05) is 61.5 Å². The molecule has 26 heavy (non-hydrogen) atoms. The van der Waals surface area contributed by atoms with Crippen molar-refractivity contribution in [3.63, 3.8) is 0 Å². The van der Waals surface area contributed by atoms with E-state index in [1.807, 2.05) is 24.3 Å². The Kier molecular flexibility index (Phi) is 4.93. The summed E-state index contributed by atoms with van der Waals surface area (Å²) >= 11 is 1.51. The van der Waals surface area contributed by atoms with Crippen LogP contribution in [0.15, 0.2) is 64.5 Å². The van der Waals surface area contributed by atoms with Gasteiger partial charge in [0.1, 0.15) is 0 Å². The van der Waals surface area contributed by atoms with Crippen LogP contribution in [0.1, 0.15) is 25.3 Å². The molecule has 0 N–H and O–H groups in total. The normalized spacial score (nSPS) is 19.9. The quantitative estimate of drug-likeness (QED) is 0.700. The first-order valence-electron chi connectivity index (χ1n) is 9.12. The van der Waals surface area contributed by atoms with Gasteiger partial charge >= 0.3 is 0 Å². The zero-order valence-corrected chi connectivity index (χ0v) is 15.7. The van der Waals surface area contributed by atoms with Gasteiger partial charge in [-0.15, -0.1) is 0 Å². The Morgan fingerprint density at radius 2 is 1.65 bits per heavy atom. The Morgan fingerprint density at radius 3 is 2.35 bits per heavy atom. The van der Waals surface area contributed by atoms with E-state index in [0.29, 0.717) is 4.91 Å². The van der Waals surface area contributed by atoms with E-state index in [1.165, 1.54) is 35.7 Å². The van der Waals surface area contributed by atoms with Crippen LogP contribution in [0, 0.1) is 5.92 Å². The number of likely N-dealkylation sites (tertiary alicyclic amines) is 1. The third-order valence-electron chi connectivity index (χ3n) is 4.98. The molecule has 0 radical (unpaired) electrons. The number of aliphatic imine (C=N–C) groups is 1. The van der Waals surface area contributed by atoms with Crippen molar-refractivity contribution in [2.75, 3.05) is 13.1 Å². The topological polar surface area (TPSA) is 32.7 Å². The van der Waals surface area contributed by atoms with Crippen LogP contribution in [0.5, 0.6) is 0 Å². The van der Waals surface area contributed by atoms with Crippen LogP contribution in [-0.2, 0) is 4.79 Å². The number of hydrogen-bond donors (Lipinski definition) is 0. The van der Waals surface area contributed by atoms with Crippen LogP contribution >= 0.6 is 11.8 Å². The molecule has 2 aromatic carbocycles. The fraction of sp³-hybridized carbons (Fsp3) is 0.273. The number of benzene rings is 2. The summed E-state index contributed by atoms with van der Waals surface area (Å²) < 4.78 is 0. The molecule has 0 atom stereocenters. The summed E-state index contributed by atoms with van der Waals surface area (Å²) in [5, 5.41) is 0.869. The zero-order chi connectivity index (χ0) is 17.9. The molecular formula is C22H22N2OS. The van der Waals surface area contributed by atoms with Gasteiger partial charge in [-0.3, -0.25) is 4.79 Å². The Hall–Kier alpha value is -2.33. The fourth-order valence-corrected chi connectivity index (χ4v) is 4.25. The van der Waals surface area contributed by atoms with E-state index in [2.05, 4.69) is 53.2 Å². The van der Waals surface area contributed by atoms with Gasteiger partial charge in [-0.2, -0.15) is 4.99 Å². The molecule has 2 aliphatic rings. The molecule has 1 fully saturated rings. The third kappa shape index (κ3) is 3.75. The molecule has 2 heterocycles. The smallest absolute Gasteiger partial charge is 0.286 e. The molecule has 1 amide bonds. The monoisotopic (exact) mass is 362 g/mol. The van der Waals surface area contributed by atoms with E-state index < -0.39 is 0 Å². The highest BCUT2D eigenvalue weighted by molar-refractivity contribution is 8.18. The Morgan fingerprint density at radius 1 is 1.00 bits per heavy atom. The number of rotatable bonds is 2. The van der Waals surface area contributed by atoms with Crippen LogP contribution in [0.4, 0.5) is 0 Å². The zero-order valence-electron chi connectivity index (χ0n) is 14.9. The van der Waals surface area contributed by atoms with E-state index in [4.69, 9.17) is 0 Å². The Bertz CT molecular complexity index is 847. The number of amides is 1. The van der Waals surface area contributed by atoms with Gasteiger partial charge in [-0.25, -0.2) is 0 Å². The van der Waals surface area contributed by atoms with Gasteiger partial charge < -0.3 is 4.90 Å². The van der Waals surface area contributed by atoms with Gasteiger partial charge in [0.05, 0.1) is 4.91 Å². The summed E-state index contributed by atoms with van der Waals surface area (Å²) in [5.41, 5.74) is 3.41. The molecule has 132 valence electrons. The summed E-state index contributed by atoms with van der Waals surface area (Å²) in [5.74, 6) is 0.655. The second-order valence-electron chi connectivity index (χ2n) is 6.97. The fourth-order valence-electron chi connectivity index (χ4n) is 3.29. The van der Waals surface area contributed by atoms with E-state index in [9.17, 15) is 4.79 Å². The minimum atomic E-state index is -0.115. The lowest BCUT2D eigenvalue weighted by Gasteiger charge is -2.30. The van der Waals surface area contributed by atoms with Gasteiger partial charge in [0.25, 0.3) is 5.91 Å². The van der Waals surface area contributed by atoms with Crippen molar-refractivity contribution in [1.82, 2.24) is 4.90 Å². The lowest BCUT2D eigenvalue weighted by atomic mass is 10.00. The number of hydrogen-bond acceptors (Lipinski definition) is 3. The minimum Gasteiger partial charge on any atom is -0.351 e. The Balaban J connectivity index is 1.46. The highest BCUT2D eigenvalue weighted by Crippen LogP contribution is 2.32. The van der Waals surface area contributed by atoms with Gasteiger partial charge in [0.15, 0.2) is 5.17 Å². The van der Waals surface area contributed by atoms with E-state index in [-0.39, 0.29) is 5.91 Å². The number of amidine groups is 1. The van der Waals surface area contributed by atoms with Crippen molar-refractivity contribution in [2.24, 2.45) is 10.9 Å². The number of thioether (sulfide) groups is 1. The molecule has 0 saturated carbocycles. The second-order valence-corrected chi connectivity index (χ2v) is 7.98. The maximum Gasteiger partial charge on any atom is 0.286 e. The van der Waals surface area contributed by atoms with Crippen molar-refractivity contribution in [1.29, 1.82) is 0 Å². The van der Waals surface area contributed by atoms with Crippen LogP contribution in [0.25, 0.3) is 17.2 Å². The SMILES string of the molecule is CC1CCN(C2=NC(=O)C(=Cc3ccc(-c4ccccc4)cc3)S2)CC1. The molecule has 0 spiro atoms. The van der Waals surface area contributed by atoms with Crippen molar-refractivity contribution >= 4 is 28.9 Å². The highest BCUT2D eigenvalue weighted by Gasteiger charge is 2.28. The standard InChI is InChI=1S/C22H22N2OS/c1-16-11-13-24(14-12-16)22-23-21(25)20(26-22)15-17-7-9-19(10-8-17)18-5-3-2-4-6-18/h2-10,15-16H,11-14H2,1H3. The first-order chi connectivity index (χ1) is 12.7. The maximum absolute atomic E-state index is 12.3. The molecule has 0 aliphatic carbocycles. The first-order valence-corrected chi connectivity index (χ1v) is 9.94. The summed E-state index contributed by atoms with van der Waals surface area (Å²) in [4.78, 5) is 19.5. The molecule has 4 rings (SSSR count). The number of carbonyl (C=O) groups excluding carboxylic acids is 1. The van der Waals surface area contributed by atoms with Gasteiger partial charge in [-0.05, 0) is 53.3 Å². The van der Waals surface area contributed by atoms with E-state index in [0.717, 1.165) is 29.7 Å². The van der Waals surface area contributed by atoms with Crippen molar-refractivity contribution in [3.8, 4) is 11.1 Å². The van der Waals surface area contributed by atoms with Crippen molar-refractivity contribution in [2.45, 2.75) is 19.8 Å². The summed E-state index contributed by atoms with van der Waals surface area (Å²) in [6, 6.07) is 18.6. The average molecular weight is 362 g/mol. The van der Waals surface area contributed by atoms with Crippen LogP contribution in [-0.4, -0.2) is 29.1 Å². The summed E-state index contributed by atoms with van der Waals surface area (Å²) in [6.45, 7) is 4.29. The van der Waals surface area contributed by atoms with E-state index in [1.54, 1.807) is 0 Å². The molecule has 0 aromatic heterocycles. The number of carbonyl (C=O) groups is 1. The molecule has 3 nitrogen and oxygen atoms in total. The van der Waals surface area contributed by atoms with Gasteiger partial charge in [0.2, 0.25) is 0 Å². The second kappa shape index (κ2) is 7.50. The van der Waals surface area contributed by atoms with Gasteiger partial charge in [0, 0.05) is 13.1 Å². The number of nitrogens with zero attached hydrogens (tertiary/aromatic N) is 2. The maximum atomic E-state index is 12.3. The van der Waals surface area contributed by atoms with Crippen LogP contribution < -0.4 is 0 Å². The summed E-state index contributed by atoms with van der Waals surface area (Å²) in [7, 11) is 0. The van der Waals surface area contributed by atoms with Crippen LogP contribution in [0.2, 0.25) is 0 Å². The average Bonchev–Trinajstić information content (AvgIpc) is 3.04. The lowest BCUT2D eigenvalue weighted by molar-refractivity contribution is -0.113. The lowest BCUT2D eigenvalue weighted by Crippen LogP contribution is -2.35. The Labute approximate surface area is 158 Å². The minimum absolute atomic E-state index is 0.115. The molecule has 1 saturated heterocycles. The van der Waals surface area contributed by atoms with Crippen molar-refractivity contribution in [3.05, 3.63) is 65.1 Å². The predicted octanol–water partition coefficient (Wildman–Crippen LogP) is 5.06. The van der Waals surface area contributed by atoms with Crippen molar-refractivity contribution < 1.29 is 4.79 Å². The molecule has 0 unspecified atom stereocenters. The summed E-state index contributed by atoms with van der Waals surface area (Å²) in [6.07, 6.45) is 4.30. The highest BCUT2D eigenvalue weighted by atomic mass is 32.2. The molecular weight excluding hydrogens is 340 g/mol. The van der Waals surface area contributed by atoms with Crippen LogP contribution in [0.3, 0.4) is 0 Å². The molecule has 2 aliphatic heterocycles. The third-order valence-corrected chi connectivity index (χ3v) is 6.02. The number of piperidine rings is 1.